The molecule has 2 fully saturated rings. The van der Waals surface area contributed by atoms with Crippen molar-refractivity contribution in [3.05, 3.63) is 123 Å². The van der Waals surface area contributed by atoms with Crippen molar-refractivity contribution in [3.63, 3.8) is 0 Å². The summed E-state index contributed by atoms with van der Waals surface area (Å²) in [6.45, 7) is 14.4. The second-order valence-corrected chi connectivity index (χ2v) is 14.5. The van der Waals surface area contributed by atoms with Crippen molar-refractivity contribution in [2.75, 3.05) is 0 Å². The van der Waals surface area contributed by atoms with E-state index in [1.807, 2.05) is 0 Å². The minimum atomic E-state index is -0.826. The van der Waals surface area contributed by atoms with Crippen molar-refractivity contribution in [1.29, 1.82) is 0 Å². The third kappa shape index (κ3) is 11.1. The van der Waals surface area contributed by atoms with Crippen LogP contribution >= 0.6 is 17.0 Å². The van der Waals surface area contributed by atoms with Crippen LogP contribution < -0.4 is 10.9 Å². The molecule has 12 radical (unpaired) electrons. The molecule has 2 aromatic carbocycles. The average Bonchev–Trinajstić information content (AvgIpc) is 2.85. The second-order valence-electron chi connectivity index (χ2n) is 10.8. The average molecular weight is 580 g/mol. The van der Waals surface area contributed by atoms with E-state index in [0.29, 0.717) is 13.4 Å². The van der Waals surface area contributed by atoms with Crippen LogP contribution in [-0.4, -0.2) is 13.4 Å². The van der Waals surface area contributed by atoms with Gasteiger partial charge in [0.25, 0.3) is 0 Å². The topological polar surface area (TPSA) is 0 Å². The Morgan fingerprint density at radius 1 is 0.514 bits per heavy atom. The van der Waals surface area contributed by atoms with Gasteiger partial charge in [0, 0.05) is 0 Å². The molecule has 4 rings (SSSR count). The monoisotopic (exact) mass is 578 g/mol. The first-order chi connectivity index (χ1) is 16.6. The Labute approximate surface area is 236 Å². The maximum atomic E-state index is 4.93. The summed E-state index contributed by atoms with van der Waals surface area (Å²) in [5, 5.41) is 0. The van der Waals surface area contributed by atoms with Gasteiger partial charge in [-0.05, 0) is 22.7 Å². The first kappa shape index (κ1) is 31.3. The quantitative estimate of drug-likeness (QED) is 0.330. The summed E-state index contributed by atoms with van der Waals surface area (Å²) >= 11 is -0.826. The van der Waals surface area contributed by atoms with Gasteiger partial charge in [-0.15, -0.1) is 24.3 Å². The van der Waals surface area contributed by atoms with E-state index in [2.05, 4.69) is 153 Å². The van der Waals surface area contributed by atoms with Crippen molar-refractivity contribution >= 4 is 41.4 Å². The zero-order chi connectivity index (χ0) is 25.9. The summed E-state index contributed by atoms with van der Waals surface area (Å²) in [4.78, 5) is 0. The molecule has 0 saturated carbocycles. The van der Waals surface area contributed by atoms with Crippen molar-refractivity contribution in [2.24, 2.45) is 10.8 Å². The van der Waals surface area contributed by atoms with E-state index in [1.165, 1.54) is 22.8 Å². The van der Waals surface area contributed by atoms with Gasteiger partial charge >= 0.3 is 37.9 Å². The molecule has 0 amide bonds. The molecule has 2 aliphatic rings. The van der Waals surface area contributed by atoms with Crippen LogP contribution in [0.15, 0.2) is 60.7 Å². The number of rotatable bonds is 2. The van der Waals surface area contributed by atoms with Crippen LogP contribution in [0.3, 0.4) is 0 Å². The van der Waals surface area contributed by atoms with Crippen LogP contribution in [0.5, 0.6) is 0 Å². The molecule has 0 nitrogen and oxygen atoms in total. The molecule has 0 N–H and O–H groups in total. The zero-order valence-electron chi connectivity index (χ0n) is 21.8. The van der Waals surface area contributed by atoms with Gasteiger partial charge in [-0.25, -0.2) is 36.2 Å². The summed E-state index contributed by atoms with van der Waals surface area (Å²) in [5.41, 5.74) is 3.22. The molecule has 0 aromatic heterocycles. The van der Waals surface area contributed by atoms with Gasteiger partial charge in [0.1, 0.15) is 0 Å². The molecule has 35 heavy (non-hydrogen) atoms. The maximum absolute atomic E-state index is 4.93. The van der Waals surface area contributed by atoms with E-state index in [-0.39, 0.29) is 10.8 Å². The molecule has 2 aromatic rings. The third-order valence-corrected chi connectivity index (χ3v) is 6.03. The van der Waals surface area contributed by atoms with Crippen LogP contribution in [0.1, 0.15) is 41.5 Å². The molecule has 182 valence electrons. The molecular formula is C30H36B2Cl2Zr-2. The molecule has 2 saturated heterocycles. The SMILES string of the molecule is CC(C)(C)[C]1[CH][CH][B-](c2ccccc2)[CH][CH]1.CC(C)(C)[C]1[CH][CH][B-](c2ccccc2)[CH][CH]1.[Cl][Zr][Cl]. The van der Waals surface area contributed by atoms with E-state index in [9.17, 15) is 0 Å². The molecule has 0 spiro atoms. The number of benzene rings is 2. The number of halogens is 2. The van der Waals surface area contributed by atoms with Gasteiger partial charge in [-0.2, -0.15) is 0 Å². The van der Waals surface area contributed by atoms with Crippen LogP contribution in [-0.2, 0) is 20.8 Å². The normalized spacial score (nSPS) is 18.6. The van der Waals surface area contributed by atoms with Crippen LogP contribution in [0.25, 0.3) is 0 Å². The standard InChI is InChI=1S/2C15H18B.2ClH.Zr/c2*1-15(2,3)13-9-11-16(12-10-13)14-7-5-4-6-8-14;;;/h2*4-12H,1-3H3;2*1H;/q2*-1;;;+2/p-2. The Morgan fingerprint density at radius 2 is 0.771 bits per heavy atom. The minimum absolute atomic E-state index is 0.245. The molecule has 0 bridgehead atoms. The molecule has 2 heterocycles. The summed E-state index contributed by atoms with van der Waals surface area (Å²) in [6.07, 6.45) is 18.2. The predicted octanol–water partition coefficient (Wildman–Crippen LogP) is 7.21. The summed E-state index contributed by atoms with van der Waals surface area (Å²) in [6, 6.07) is 21.2. The molecule has 5 heteroatoms. The van der Waals surface area contributed by atoms with E-state index >= 15 is 0 Å². The van der Waals surface area contributed by atoms with Gasteiger partial charge in [-0.3, -0.25) is 0 Å². The Morgan fingerprint density at radius 3 is 1.00 bits per heavy atom. The summed E-state index contributed by atoms with van der Waals surface area (Å²) in [7, 11) is 9.87. The van der Waals surface area contributed by atoms with Gasteiger partial charge in [-0.1, -0.05) is 117 Å². The predicted molar refractivity (Wildman–Crippen MR) is 155 cm³/mol. The van der Waals surface area contributed by atoms with Gasteiger partial charge < -0.3 is 0 Å². The van der Waals surface area contributed by atoms with Crippen molar-refractivity contribution in [2.45, 2.75) is 41.5 Å². The first-order valence-electron chi connectivity index (χ1n) is 12.1. The van der Waals surface area contributed by atoms with Crippen molar-refractivity contribution in [3.8, 4) is 0 Å². The van der Waals surface area contributed by atoms with Crippen molar-refractivity contribution < 1.29 is 20.8 Å². The number of hydrogen-bond donors (Lipinski definition) is 0. The van der Waals surface area contributed by atoms with Crippen LogP contribution in [0.4, 0.5) is 0 Å². The second kappa shape index (κ2) is 15.4. The van der Waals surface area contributed by atoms with Crippen LogP contribution in [0.2, 0.25) is 0 Å². The molecule has 2 aliphatic heterocycles. The van der Waals surface area contributed by atoms with Gasteiger partial charge in [0.05, 0.1) is 0 Å². The fraction of sp³-hybridized carbons (Fsp3) is 0.267. The van der Waals surface area contributed by atoms with Crippen molar-refractivity contribution in [1.82, 2.24) is 0 Å². The molecule has 0 atom stereocenters. The first-order valence-corrected chi connectivity index (χ1v) is 18.4. The van der Waals surface area contributed by atoms with Gasteiger partial charge in [0.15, 0.2) is 0 Å². The third-order valence-electron chi connectivity index (χ3n) is 6.03. The molecule has 0 aliphatic carbocycles. The van der Waals surface area contributed by atoms with Gasteiger partial charge in [0.2, 0.25) is 0 Å². The Hall–Kier alpha value is 0.0330. The Kier molecular flexibility index (Phi) is 13.8. The fourth-order valence-electron chi connectivity index (χ4n) is 3.86. The summed E-state index contributed by atoms with van der Waals surface area (Å²) < 4.78 is 0. The Balaban J connectivity index is 0.000000222. The van der Waals surface area contributed by atoms with E-state index in [0.717, 1.165) is 0 Å². The zero-order valence-corrected chi connectivity index (χ0v) is 25.8. The number of hydrogen-bond acceptors (Lipinski definition) is 0. The van der Waals surface area contributed by atoms with Crippen LogP contribution in [0, 0.1) is 73.6 Å². The molecular weight excluding hydrogens is 544 g/mol. The van der Waals surface area contributed by atoms with E-state index in [1.54, 1.807) is 0 Å². The fourth-order valence-corrected chi connectivity index (χ4v) is 3.86. The van der Waals surface area contributed by atoms with E-state index < -0.39 is 20.8 Å². The molecule has 0 unspecified atom stereocenters. The Bertz CT molecular complexity index is 732. The van der Waals surface area contributed by atoms with E-state index in [4.69, 9.17) is 17.0 Å². The summed E-state index contributed by atoms with van der Waals surface area (Å²) in [5.74, 6) is 2.80.